The minimum atomic E-state index is -0.113. The lowest BCUT2D eigenvalue weighted by molar-refractivity contribution is 0.102. The molecule has 0 unspecified atom stereocenters. The molecule has 1 N–H and O–H groups in total. The number of benzene rings is 1. The van der Waals surface area contributed by atoms with Gasteiger partial charge >= 0.3 is 0 Å². The van der Waals surface area contributed by atoms with E-state index < -0.39 is 0 Å². The molecule has 4 nitrogen and oxygen atoms in total. The smallest absolute Gasteiger partial charge is 0.257 e. The largest absolute Gasteiger partial charge is 0.322 e. The number of nitrogens with zero attached hydrogens (tertiary/aromatic N) is 2. The Morgan fingerprint density at radius 2 is 2.13 bits per heavy atom. The second kappa shape index (κ2) is 6.69. The third-order valence-electron chi connectivity index (χ3n) is 3.84. The van der Waals surface area contributed by atoms with Gasteiger partial charge in [0.25, 0.3) is 5.91 Å². The molecule has 1 aromatic carbocycles. The van der Waals surface area contributed by atoms with Crippen LogP contribution in [0, 0.1) is 0 Å². The summed E-state index contributed by atoms with van der Waals surface area (Å²) in [7, 11) is 3.97. The molecule has 0 aliphatic heterocycles. The fourth-order valence-corrected chi connectivity index (χ4v) is 2.78. The minimum absolute atomic E-state index is 0.113. The molecule has 5 heteroatoms. The van der Waals surface area contributed by atoms with Crippen LogP contribution in [-0.4, -0.2) is 29.9 Å². The Labute approximate surface area is 141 Å². The molecule has 0 bridgehead atoms. The highest BCUT2D eigenvalue weighted by molar-refractivity contribution is 6.31. The predicted molar refractivity (Wildman–Crippen MR) is 93.0 cm³/mol. The molecule has 120 valence electrons. The molecule has 3 rings (SSSR count). The highest BCUT2D eigenvalue weighted by atomic mass is 35.5. The topological polar surface area (TPSA) is 45.2 Å². The molecule has 1 heterocycles. The van der Waals surface area contributed by atoms with Gasteiger partial charge in [0.1, 0.15) is 0 Å². The second-order valence-electron chi connectivity index (χ2n) is 6.21. The Balaban J connectivity index is 1.80. The number of rotatable bonds is 5. The normalized spacial score (nSPS) is 14.1. The second-order valence-corrected chi connectivity index (χ2v) is 6.62. The van der Waals surface area contributed by atoms with Crippen LogP contribution in [0.5, 0.6) is 0 Å². The predicted octanol–water partition coefficient (Wildman–Crippen LogP) is 3.93. The lowest BCUT2D eigenvalue weighted by atomic mass is 10.1. The molecule has 0 atom stereocenters. The van der Waals surface area contributed by atoms with E-state index in [-0.39, 0.29) is 5.91 Å². The van der Waals surface area contributed by atoms with E-state index in [9.17, 15) is 4.79 Å². The van der Waals surface area contributed by atoms with Gasteiger partial charge in [-0.1, -0.05) is 11.6 Å². The van der Waals surface area contributed by atoms with Crippen molar-refractivity contribution in [2.24, 2.45) is 0 Å². The van der Waals surface area contributed by atoms with E-state index in [4.69, 9.17) is 11.6 Å². The maximum absolute atomic E-state index is 12.6. The average molecular weight is 330 g/mol. The van der Waals surface area contributed by atoms with Crippen LogP contribution in [0.2, 0.25) is 5.02 Å². The van der Waals surface area contributed by atoms with Crippen molar-refractivity contribution < 1.29 is 4.79 Å². The first-order valence-electron chi connectivity index (χ1n) is 7.74. The van der Waals surface area contributed by atoms with Crippen molar-refractivity contribution in [3.05, 3.63) is 58.4 Å². The monoisotopic (exact) mass is 329 g/mol. The van der Waals surface area contributed by atoms with Crippen molar-refractivity contribution >= 4 is 23.2 Å². The maximum atomic E-state index is 12.6. The van der Waals surface area contributed by atoms with Crippen molar-refractivity contribution in [1.29, 1.82) is 0 Å². The van der Waals surface area contributed by atoms with Crippen LogP contribution in [0.25, 0.3) is 0 Å². The summed E-state index contributed by atoms with van der Waals surface area (Å²) in [5, 5.41) is 3.67. The van der Waals surface area contributed by atoms with Gasteiger partial charge in [-0.05, 0) is 62.8 Å². The van der Waals surface area contributed by atoms with E-state index in [1.807, 2.05) is 43.3 Å². The van der Waals surface area contributed by atoms with Gasteiger partial charge in [0.15, 0.2) is 0 Å². The highest BCUT2D eigenvalue weighted by Gasteiger charge is 2.29. The van der Waals surface area contributed by atoms with Crippen molar-refractivity contribution in [2.45, 2.75) is 25.3 Å². The fourth-order valence-electron chi connectivity index (χ4n) is 2.60. The lowest BCUT2D eigenvalue weighted by Crippen LogP contribution is -2.16. The van der Waals surface area contributed by atoms with E-state index in [0.717, 1.165) is 36.3 Å². The van der Waals surface area contributed by atoms with Crippen LogP contribution in [-0.2, 0) is 6.54 Å². The quantitative estimate of drug-likeness (QED) is 0.904. The molecule has 1 aliphatic carbocycles. The van der Waals surface area contributed by atoms with Gasteiger partial charge < -0.3 is 10.2 Å². The first-order valence-corrected chi connectivity index (χ1v) is 8.12. The molecule has 23 heavy (non-hydrogen) atoms. The summed E-state index contributed by atoms with van der Waals surface area (Å²) in [5.41, 5.74) is 3.32. The molecule has 1 fully saturated rings. The lowest BCUT2D eigenvalue weighted by Gasteiger charge is -2.14. The van der Waals surface area contributed by atoms with E-state index in [0.29, 0.717) is 16.5 Å². The van der Waals surface area contributed by atoms with Gasteiger partial charge in [-0.25, -0.2) is 0 Å². The molecule has 1 aromatic heterocycles. The molecule has 0 radical (unpaired) electrons. The molecule has 1 saturated carbocycles. The van der Waals surface area contributed by atoms with Gasteiger partial charge in [-0.3, -0.25) is 9.78 Å². The zero-order valence-corrected chi connectivity index (χ0v) is 14.1. The summed E-state index contributed by atoms with van der Waals surface area (Å²) >= 11 is 6.22. The number of hydrogen-bond donors (Lipinski definition) is 1. The summed E-state index contributed by atoms with van der Waals surface area (Å²) in [6, 6.07) is 9.22. The SMILES string of the molecule is CN(C)Cc1cc(NC(=O)c2cccnc2C2CC2)ccc1Cl. The Morgan fingerprint density at radius 3 is 2.83 bits per heavy atom. The third-order valence-corrected chi connectivity index (χ3v) is 4.21. The van der Waals surface area contributed by atoms with Crippen LogP contribution in [0.3, 0.4) is 0 Å². The molecule has 2 aromatic rings. The molecular weight excluding hydrogens is 310 g/mol. The number of hydrogen-bond acceptors (Lipinski definition) is 3. The summed E-state index contributed by atoms with van der Waals surface area (Å²) in [6.45, 7) is 0.725. The number of halogens is 1. The number of amides is 1. The Hall–Kier alpha value is -1.91. The number of aromatic nitrogens is 1. The van der Waals surface area contributed by atoms with Gasteiger partial charge in [-0.2, -0.15) is 0 Å². The molecule has 1 amide bonds. The first-order chi connectivity index (χ1) is 11.0. The van der Waals surface area contributed by atoms with Crippen molar-refractivity contribution in [3.8, 4) is 0 Å². The number of pyridine rings is 1. The number of nitrogens with one attached hydrogen (secondary N) is 1. The van der Waals surface area contributed by atoms with Gasteiger partial charge in [0.2, 0.25) is 0 Å². The molecule has 0 spiro atoms. The van der Waals surface area contributed by atoms with Crippen LogP contribution in [0.4, 0.5) is 5.69 Å². The van der Waals surface area contributed by atoms with Crippen LogP contribution < -0.4 is 5.32 Å². The van der Waals surface area contributed by atoms with E-state index in [1.165, 1.54) is 0 Å². The van der Waals surface area contributed by atoms with Gasteiger partial charge in [0.05, 0.1) is 11.3 Å². The molecule has 0 saturated heterocycles. The standard InChI is InChI=1S/C18H20ClN3O/c1-22(2)11-13-10-14(7-8-16(13)19)21-18(23)15-4-3-9-20-17(15)12-5-6-12/h3-4,7-10,12H,5-6,11H2,1-2H3,(H,21,23). The van der Waals surface area contributed by atoms with Crippen molar-refractivity contribution in [1.82, 2.24) is 9.88 Å². The summed E-state index contributed by atoms with van der Waals surface area (Å²) < 4.78 is 0. The van der Waals surface area contributed by atoms with Gasteiger partial charge in [0, 0.05) is 29.4 Å². The highest BCUT2D eigenvalue weighted by Crippen LogP contribution is 2.40. The van der Waals surface area contributed by atoms with Crippen LogP contribution >= 0.6 is 11.6 Å². The summed E-state index contributed by atoms with van der Waals surface area (Å²) in [5.74, 6) is 0.324. The Bertz CT molecular complexity index is 726. The van der Waals surface area contributed by atoms with Crippen LogP contribution in [0.15, 0.2) is 36.5 Å². The third kappa shape index (κ3) is 3.89. The van der Waals surface area contributed by atoms with Crippen molar-refractivity contribution in [2.75, 3.05) is 19.4 Å². The van der Waals surface area contributed by atoms with E-state index >= 15 is 0 Å². The minimum Gasteiger partial charge on any atom is -0.322 e. The first kappa shape index (κ1) is 16.0. The summed E-state index contributed by atoms with van der Waals surface area (Å²) in [6.07, 6.45) is 3.98. The van der Waals surface area contributed by atoms with Crippen molar-refractivity contribution in [3.63, 3.8) is 0 Å². The molecule has 1 aliphatic rings. The molecular formula is C18H20ClN3O. The van der Waals surface area contributed by atoms with E-state index in [1.54, 1.807) is 12.3 Å². The maximum Gasteiger partial charge on any atom is 0.257 e. The van der Waals surface area contributed by atoms with Crippen LogP contribution in [0.1, 0.15) is 40.4 Å². The zero-order chi connectivity index (χ0) is 16.4. The number of carbonyl (C=O) groups is 1. The average Bonchev–Trinajstić information content (AvgIpc) is 3.35. The number of carbonyl (C=O) groups excluding carboxylic acids is 1. The zero-order valence-electron chi connectivity index (χ0n) is 13.3. The summed E-state index contributed by atoms with van der Waals surface area (Å²) in [4.78, 5) is 19.0. The van der Waals surface area contributed by atoms with E-state index in [2.05, 4.69) is 10.3 Å². The fraction of sp³-hybridized carbons (Fsp3) is 0.333. The number of anilines is 1. The Morgan fingerprint density at radius 1 is 1.35 bits per heavy atom. The van der Waals surface area contributed by atoms with Gasteiger partial charge in [-0.15, -0.1) is 0 Å². The Kier molecular flexibility index (Phi) is 4.64.